The van der Waals surface area contributed by atoms with E-state index in [1.807, 2.05) is 12.1 Å². The van der Waals surface area contributed by atoms with Gasteiger partial charge in [-0.15, -0.1) is 0 Å². The summed E-state index contributed by atoms with van der Waals surface area (Å²) in [5, 5.41) is 0. The fourth-order valence-electron chi connectivity index (χ4n) is 2.30. The van der Waals surface area contributed by atoms with Crippen molar-refractivity contribution >= 4 is 12.6 Å². The topological polar surface area (TPSA) is 27.7 Å². The molecule has 0 bridgehead atoms. The third kappa shape index (κ3) is 2.47. The second kappa shape index (κ2) is 4.50. The Morgan fingerprint density at radius 2 is 1.70 bits per heavy atom. The Morgan fingerprint density at radius 1 is 1.10 bits per heavy atom. The van der Waals surface area contributed by atoms with E-state index in [0.717, 1.165) is 16.8 Å². The van der Waals surface area contributed by atoms with Gasteiger partial charge < -0.3 is 14.0 Å². The summed E-state index contributed by atoms with van der Waals surface area (Å²) in [6.07, 6.45) is 2.79. The third-order valence-electron chi connectivity index (χ3n) is 4.54. The summed E-state index contributed by atoms with van der Waals surface area (Å²) in [6, 6.07) is 6.20. The quantitative estimate of drug-likeness (QED) is 0.793. The van der Waals surface area contributed by atoms with Gasteiger partial charge in [-0.05, 0) is 64.6 Å². The van der Waals surface area contributed by atoms with Crippen molar-refractivity contribution in [3.63, 3.8) is 0 Å². The number of benzene rings is 1. The first kappa shape index (κ1) is 14.0. The summed E-state index contributed by atoms with van der Waals surface area (Å²) in [5.41, 5.74) is 1.61. The molecule has 3 nitrogen and oxygen atoms in total. The standard InChI is InChI=1S/C16H23BO3/c1-11-10-12(6-9-14(11)18-13-7-8-13)17-19-15(2,3)16(4,5)20-17/h6,9-10,13H,7-8H2,1-5H3. The highest BCUT2D eigenvalue weighted by atomic mass is 16.7. The zero-order chi connectivity index (χ0) is 14.5. The van der Waals surface area contributed by atoms with Gasteiger partial charge in [0.1, 0.15) is 5.75 Å². The SMILES string of the molecule is Cc1cc(B2OC(C)(C)C(C)(C)O2)ccc1OC1CC1. The molecule has 1 aliphatic carbocycles. The molecule has 1 aliphatic heterocycles. The maximum Gasteiger partial charge on any atom is 0.494 e. The molecule has 0 radical (unpaired) electrons. The lowest BCUT2D eigenvalue weighted by Crippen LogP contribution is -2.41. The van der Waals surface area contributed by atoms with Gasteiger partial charge in [-0.3, -0.25) is 0 Å². The van der Waals surface area contributed by atoms with Gasteiger partial charge in [0.2, 0.25) is 0 Å². The average Bonchev–Trinajstić information content (AvgIpc) is 3.10. The number of rotatable bonds is 3. The molecular weight excluding hydrogens is 251 g/mol. The summed E-state index contributed by atoms with van der Waals surface area (Å²) in [7, 11) is -0.298. The highest BCUT2D eigenvalue weighted by molar-refractivity contribution is 6.62. The Hall–Kier alpha value is -0.995. The van der Waals surface area contributed by atoms with Crippen molar-refractivity contribution in [2.24, 2.45) is 0 Å². The summed E-state index contributed by atoms with van der Waals surface area (Å²) in [5.74, 6) is 0.979. The Labute approximate surface area is 121 Å². The maximum atomic E-state index is 6.08. The van der Waals surface area contributed by atoms with Crippen LogP contribution in [0.4, 0.5) is 0 Å². The van der Waals surface area contributed by atoms with Crippen LogP contribution >= 0.6 is 0 Å². The lowest BCUT2D eigenvalue weighted by Gasteiger charge is -2.32. The van der Waals surface area contributed by atoms with Crippen molar-refractivity contribution in [2.75, 3.05) is 0 Å². The molecule has 1 heterocycles. The van der Waals surface area contributed by atoms with E-state index in [-0.39, 0.29) is 18.3 Å². The predicted molar refractivity (Wildman–Crippen MR) is 80.5 cm³/mol. The van der Waals surface area contributed by atoms with Crippen LogP contribution in [0.15, 0.2) is 18.2 Å². The third-order valence-corrected chi connectivity index (χ3v) is 4.54. The van der Waals surface area contributed by atoms with Crippen molar-refractivity contribution in [1.82, 2.24) is 0 Å². The minimum Gasteiger partial charge on any atom is -0.490 e. The molecule has 1 saturated heterocycles. The van der Waals surface area contributed by atoms with Gasteiger partial charge in [-0.1, -0.05) is 12.1 Å². The van der Waals surface area contributed by atoms with Crippen LogP contribution in [0.5, 0.6) is 5.75 Å². The summed E-state index contributed by atoms with van der Waals surface area (Å²) < 4.78 is 18.0. The molecule has 0 aromatic heterocycles. The van der Waals surface area contributed by atoms with Crippen LogP contribution in [0.3, 0.4) is 0 Å². The van der Waals surface area contributed by atoms with E-state index in [0.29, 0.717) is 6.10 Å². The molecule has 0 spiro atoms. The van der Waals surface area contributed by atoms with E-state index in [2.05, 4.69) is 40.7 Å². The van der Waals surface area contributed by atoms with Crippen molar-refractivity contribution in [3.8, 4) is 5.75 Å². The maximum absolute atomic E-state index is 6.08. The van der Waals surface area contributed by atoms with E-state index < -0.39 is 0 Å². The van der Waals surface area contributed by atoms with Crippen LogP contribution in [0.2, 0.25) is 0 Å². The fourth-order valence-corrected chi connectivity index (χ4v) is 2.30. The van der Waals surface area contributed by atoms with Gasteiger partial charge >= 0.3 is 7.12 Å². The molecule has 108 valence electrons. The Bertz CT molecular complexity index is 504. The van der Waals surface area contributed by atoms with Gasteiger partial charge in [0.05, 0.1) is 17.3 Å². The monoisotopic (exact) mass is 274 g/mol. The van der Waals surface area contributed by atoms with Gasteiger partial charge in [0.15, 0.2) is 0 Å². The van der Waals surface area contributed by atoms with Crippen LogP contribution in [-0.4, -0.2) is 24.4 Å². The molecule has 0 N–H and O–H groups in total. The van der Waals surface area contributed by atoms with E-state index in [9.17, 15) is 0 Å². The number of hydrogen-bond donors (Lipinski definition) is 0. The van der Waals surface area contributed by atoms with Crippen molar-refractivity contribution < 1.29 is 14.0 Å². The molecule has 0 amide bonds. The Kier molecular flexibility index (Phi) is 3.14. The van der Waals surface area contributed by atoms with Gasteiger partial charge in [0, 0.05) is 0 Å². The summed E-state index contributed by atoms with van der Waals surface area (Å²) in [6.45, 7) is 10.4. The zero-order valence-electron chi connectivity index (χ0n) is 13.0. The fraction of sp³-hybridized carbons (Fsp3) is 0.625. The zero-order valence-corrected chi connectivity index (χ0v) is 13.0. The van der Waals surface area contributed by atoms with E-state index in [4.69, 9.17) is 14.0 Å². The highest BCUT2D eigenvalue weighted by Gasteiger charge is 2.51. The first-order valence-electron chi connectivity index (χ1n) is 7.41. The molecule has 4 heteroatoms. The Balaban J connectivity index is 1.79. The van der Waals surface area contributed by atoms with Crippen LogP contribution < -0.4 is 10.2 Å². The summed E-state index contributed by atoms with van der Waals surface area (Å²) in [4.78, 5) is 0. The van der Waals surface area contributed by atoms with E-state index in [1.165, 1.54) is 12.8 Å². The molecule has 2 fully saturated rings. The molecule has 3 rings (SSSR count). The minimum absolute atomic E-state index is 0.297. The first-order valence-corrected chi connectivity index (χ1v) is 7.41. The van der Waals surface area contributed by atoms with Crippen LogP contribution in [-0.2, 0) is 9.31 Å². The first-order chi connectivity index (χ1) is 9.28. The normalized spacial score (nSPS) is 23.9. The molecule has 1 saturated carbocycles. The lowest BCUT2D eigenvalue weighted by molar-refractivity contribution is 0.00578. The molecule has 0 unspecified atom stereocenters. The molecule has 2 aliphatic rings. The van der Waals surface area contributed by atoms with Gasteiger partial charge in [0.25, 0.3) is 0 Å². The van der Waals surface area contributed by atoms with Crippen molar-refractivity contribution in [1.29, 1.82) is 0 Å². The molecular formula is C16H23BO3. The second-order valence-corrected chi connectivity index (χ2v) is 6.93. The highest BCUT2D eigenvalue weighted by Crippen LogP contribution is 2.37. The second-order valence-electron chi connectivity index (χ2n) is 6.93. The summed E-state index contributed by atoms with van der Waals surface area (Å²) >= 11 is 0. The molecule has 20 heavy (non-hydrogen) atoms. The largest absolute Gasteiger partial charge is 0.494 e. The predicted octanol–water partition coefficient (Wildman–Crippen LogP) is 2.84. The molecule has 1 aromatic carbocycles. The lowest BCUT2D eigenvalue weighted by atomic mass is 9.78. The van der Waals surface area contributed by atoms with E-state index in [1.54, 1.807) is 0 Å². The van der Waals surface area contributed by atoms with Gasteiger partial charge in [-0.25, -0.2) is 0 Å². The number of ether oxygens (including phenoxy) is 1. The van der Waals surface area contributed by atoms with Gasteiger partial charge in [-0.2, -0.15) is 0 Å². The van der Waals surface area contributed by atoms with Crippen LogP contribution in [0, 0.1) is 6.92 Å². The number of aryl methyl sites for hydroxylation is 1. The molecule has 0 atom stereocenters. The average molecular weight is 274 g/mol. The minimum atomic E-state index is -0.298. The smallest absolute Gasteiger partial charge is 0.490 e. The number of hydrogen-bond acceptors (Lipinski definition) is 3. The van der Waals surface area contributed by atoms with Crippen molar-refractivity contribution in [3.05, 3.63) is 23.8 Å². The Morgan fingerprint density at radius 3 is 2.20 bits per heavy atom. The van der Waals surface area contributed by atoms with Crippen LogP contribution in [0.25, 0.3) is 0 Å². The molecule has 1 aromatic rings. The van der Waals surface area contributed by atoms with E-state index >= 15 is 0 Å². The van der Waals surface area contributed by atoms with Crippen LogP contribution in [0.1, 0.15) is 46.1 Å². The van der Waals surface area contributed by atoms with Crippen molar-refractivity contribution in [2.45, 2.75) is 64.8 Å².